The summed E-state index contributed by atoms with van der Waals surface area (Å²) < 4.78 is 6.10. The van der Waals surface area contributed by atoms with Crippen LogP contribution in [0.25, 0.3) is 0 Å². The lowest BCUT2D eigenvalue weighted by Crippen LogP contribution is -2.41. The van der Waals surface area contributed by atoms with E-state index in [-0.39, 0.29) is 17.6 Å². The zero-order chi connectivity index (χ0) is 18.0. The molecule has 1 aliphatic heterocycles. The first kappa shape index (κ1) is 17.5. The molecule has 25 heavy (non-hydrogen) atoms. The second kappa shape index (κ2) is 6.91. The van der Waals surface area contributed by atoms with Crippen LogP contribution in [0.4, 0.5) is 0 Å². The molecule has 0 radical (unpaired) electrons. The minimum absolute atomic E-state index is 0.00451. The van der Waals surface area contributed by atoms with E-state index in [0.717, 1.165) is 24.2 Å². The first-order valence-corrected chi connectivity index (χ1v) is 8.97. The predicted octanol–water partition coefficient (Wildman–Crippen LogP) is 4.65. The maximum Gasteiger partial charge on any atom is 0.220 e. The van der Waals surface area contributed by atoms with Gasteiger partial charge in [-0.25, -0.2) is 0 Å². The van der Waals surface area contributed by atoms with Crippen LogP contribution in [-0.4, -0.2) is 11.5 Å². The quantitative estimate of drug-likeness (QED) is 0.881. The minimum atomic E-state index is -0.282. The van der Waals surface area contributed by atoms with E-state index in [1.165, 1.54) is 16.7 Å². The van der Waals surface area contributed by atoms with Gasteiger partial charge in [-0.2, -0.15) is 0 Å². The number of aryl methyl sites for hydroxylation is 3. The summed E-state index contributed by atoms with van der Waals surface area (Å²) in [5.74, 6) is 0.981. The number of carbonyl (C=O) groups is 1. The first-order valence-electron chi connectivity index (χ1n) is 8.97. The molecule has 1 atom stereocenters. The Hall–Kier alpha value is -2.29. The van der Waals surface area contributed by atoms with Gasteiger partial charge in [-0.3, -0.25) is 4.79 Å². The Morgan fingerprint density at radius 1 is 1.12 bits per heavy atom. The van der Waals surface area contributed by atoms with Crippen molar-refractivity contribution >= 4 is 5.91 Å². The average molecular weight is 337 g/mol. The van der Waals surface area contributed by atoms with Crippen LogP contribution >= 0.6 is 0 Å². The van der Waals surface area contributed by atoms with Gasteiger partial charge < -0.3 is 10.1 Å². The normalized spacial score (nSPS) is 18.2. The molecule has 2 aromatic carbocycles. The smallest absolute Gasteiger partial charge is 0.220 e. The number of hydrogen-bond acceptors (Lipinski definition) is 2. The highest BCUT2D eigenvalue weighted by atomic mass is 16.5. The van der Waals surface area contributed by atoms with Crippen LogP contribution in [0.15, 0.2) is 42.5 Å². The number of amides is 1. The molecule has 2 aromatic rings. The number of hydrogen-bond donors (Lipinski definition) is 1. The van der Waals surface area contributed by atoms with E-state index in [0.29, 0.717) is 6.42 Å². The van der Waals surface area contributed by atoms with Crippen LogP contribution in [0.2, 0.25) is 0 Å². The molecule has 0 aliphatic carbocycles. The molecule has 0 saturated heterocycles. The van der Waals surface area contributed by atoms with Crippen molar-refractivity contribution in [3.63, 3.8) is 0 Å². The fraction of sp³-hybridized carbons (Fsp3) is 0.409. The molecule has 1 heterocycles. The Kier molecular flexibility index (Phi) is 4.85. The van der Waals surface area contributed by atoms with Crippen molar-refractivity contribution < 1.29 is 9.53 Å². The fourth-order valence-electron chi connectivity index (χ4n) is 3.37. The molecule has 1 aliphatic rings. The Labute approximate surface area is 150 Å². The van der Waals surface area contributed by atoms with E-state index in [4.69, 9.17) is 4.74 Å². The van der Waals surface area contributed by atoms with Gasteiger partial charge in [0.25, 0.3) is 0 Å². The maximum atomic E-state index is 12.5. The lowest BCUT2D eigenvalue weighted by molar-refractivity contribution is -0.122. The van der Waals surface area contributed by atoms with Gasteiger partial charge in [0.1, 0.15) is 11.4 Å². The van der Waals surface area contributed by atoms with Crippen LogP contribution in [-0.2, 0) is 11.2 Å². The fourth-order valence-corrected chi connectivity index (χ4v) is 3.37. The number of carbonyl (C=O) groups excluding carboxylic acids is 1. The number of nitrogens with one attached hydrogen (secondary N) is 1. The van der Waals surface area contributed by atoms with Gasteiger partial charge in [-0.05, 0) is 51.3 Å². The van der Waals surface area contributed by atoms with E-state index in [2.05, 4.69) is 75.5 Å². The third-order valence-electron chi connectivity index (χ3n) is 4.72. The highest BCUT2D eigenvalue weighted by Crippen LogP contribution is 2.39. The predicted molar refractivity (Wildman–Crippen MR) is 101 cm³/mol. The van der Waals surface area contributed by atoms with Crippen LogP contribution in [0.5, 0.6) is 5.75 Å². The molecular weight excluding hydrogens is 310 g/mol. The van der Waals surface area contributed by atoms with Gasteiger partial charge in [-0.15, -0.1) is 0 Å². The van der Waals surface area contributed by atoms with Gasteiger partial charge in [-0.1, -0.05) is 42.0 Å². The van der Waals surface area contributed by atoms with Crippen LogP contribution in [0.3, 0.4) is 0 Å². The largest absolute Gasteiger partial charge is 0.487 e. The molecule has 0 unspecified atom stereocenters. The van der Waals surface area contributed by atoms with Gasteiger partial charge in [0.2, 0.25) is 5.91 Å². The lowest BCUT2D eigenvalue weighted by atomic mass is 9.89. The molecule has 132 valence electrons. The van der Waals surface area contributed by atoms with Gasteiger partial charge in [0.05, 0.1) is 6.04 Å². The van der Waals surface area contributed by atoms with Crippen LogP contribution < -0.4 is 10.1 Å². The van der Waals surface area contributed by atoms with Crippen LogP contribution in [0.1, 0.15) is 55.0 Å². The van der Waals surface area contributed by atoms with Crippen molar-refractivity contribution in [2.45, 2.75) is 58.6 Å². The van der Waals surface area contributed by atoms with E-state index in [9.17, 15) is 4.79 Å². The highest BCUT2D eigenvalue weighted by molar-refractivity contribution is 5.77. The first-order chi connectivity index (χ1) is 11.8. The zero-order valence-corrected chi connectivity index (χ0v) is 15.6. The standard InChI is InChI=1S/C22H27NO2/c1-15-5-8-17(9-6-15)10-12-21(24)23-19-14-22(3,4)25-20-13-16(2)7-11-18(19)20/h5-9,11,13,19H,10,12,14H2,1-4H3,(H,23,24)/t19-/m0/s1. The highest BCUT2D eigenvalue weighted by Gasteiger charge is 2.34. The zero-order valence-electron chi connectivity index (χ0n) is 15.6. The summed E-state index contributed by atoms with van der Waals surface area (Å²) >= 11 is 0. The summed E-state index contributed by atoms with van der Waals surface area (Å²) in [6.45, 7) is 8.27. The van der Waals surface area contributed by atoms with Crippen molar-refractivity contribution in [1.29, 1.82) is 0 Å². The molecule has 1 amide bonds. The third-order valence-corrected chi connectivity index (χ3v) is 4.72. The van der Waals surface area contributed by atoms with E-state index in [1.54, 1.807) is 0 Å². The third kappa shape index (κ3) is 4.41. The molecular formula is C22H27NO2. The van der Waals surface area contributed by atoms with Crippen molar-refractivity contribution in [3.05, 3.63) is 64.7 Å². The number of benzene rings is 2. The van der Waals surface area contributed by atoms with Crippen molar-refractivity contribution in [2.24, 2.45) is 0 Å². The molecule has 0 aromatic heterocycles. The average Bonchev–Trinajstić information content (AvgIpc) is 2.52. The minimum Gasteiger partial charge on any atom is -0.487 e. The Morgan fingerprint density at radius 3 is 2.52 bits per heavy atom. The van der Waals surface area contributed by atoms with Crippen LogP contribution in [0, 0.1) is 13.8 Å². The molecule has 0 bridgehead atoms. The Balaban J connectivity index is 1.67. The van der Waals surface area contributed by atoms with Crippen molar-refractivity contribution in [3.8, 4) is 5.75 Å². The second-order valence-electron chi connectivity index (χ2n) is 7.71. The number of ether oxygens (including phenoxy) is 1. The van der Waals surface area contributed by atoms with Gasteiger partial charge in [0.15, 0.2) is 0 Å². The Morgan fingerprint density at radius 2 is 1.80 bits per heavy atom. The Bertz CT molecular complexity index is 762. The molecule has 1 N–H and O–H groups in total. The summed E-state index contributed by atoms with van der Waals surface area (Å²) in [6, 6.07) is 14.6. The SMILES string of the molecule is Cc1ccc(CCC(=O)N[C@H]2CC(C)(C)Oc3cc(C)ccc32)cc1. The van der Waals surface area contributed by atoms with E-state index >= 15 is 0 Å². The molecule has 3 heteroatoms. The van der Waals surface area contributed by atoms with Gasteiger partial charge in [0, 0.05) is 18.4 Å². The summed E-state index contributed by atoms with van der Waals surface area (Å²) in [7, 11) is 0. The number of rotatable bonds is 4. The lowest BCUT2D eigenvalue weighted by Gasteiger charge is -2.38. The number of fused-ring (bicyclic) bond motifs is 1. The monoisotopic (exact) mass is 337 g/mol. The van der Waals surface area contributed by atoms with Crippen molar-refractivity contribution in [2.75, 3.05) is 0 Å². The van der Waals surface area contributed by atoms with E-state index in [1.807, 2.05) is 0 Å². The maximum absolute atomic E-state index is 12.5. The summed E-state index contributed by atoms with van der Waals surface area (Å²) in [4.78, 5) is 12.5. The topological polar surface area (TPSA) is 38.3 Å². The second-order valence-corrected chi connectivity index (χ2v) is 7.71. The molecule has 0 spiro atoms. The van der Waals surface area contributed by atoms with Gasteiger partial charge >= 0.3 is 0 Å². The van der Waals surface area contributed by atoms with E-state index < -0.39 is 0 Å². The molecule has 3 nitrogen and oxygen atoms in total. The molecule has 3 rings (SSSR count). The molecule has 0 saturated carbocycles. The summed E-state index contributed by atoms with van der Waals surface area (Å²) in [5.41, 5.74) is 4.40. The summed E-state index contributed by atoms with van der Waals surface area (Å²) in [5, 5.41) is 3.21. The molecule has 0 fully saturated rings. The van der Waals surface area contributed by atoms with Crippen molar-refractivity contribution in [1.82, 2.24) is 5.32 Å². The summed E-state index contributed by atoms with van der Waals surface area (Å²) in [6.07, 6.45) is 2.04.